The summed E-state index contributed by atoms with van der Waals surface area (Å²) in [5, 5.41) is 0. The van der Waals surface area contributed by atoms with Gasteiger partial charge in [0.05, 0.1) is 21.8 Å². The van der Waals surface area contributed by atoms with Crippen molar-refractivity contribution >= 4 is 38.2 Å². The quantitative estimate of drug-likeness (QED) is 0.543. The van der Waals surface area contributed by atoms with Gasteiger partial charge in [0.25, 0.3) is 10.0 Å². The molecule has 4 rings (SSSR count). The lowest BCUT2D eigenvalue weighted by Gasteiger charge is -2.23. The molecule has 3 aromatic carbocycles. The number of hydrogen-bond donors (Lipinski definition) is 1. The summed E-state index contributed by atoms with van der Waals surface area (Å²) in [5.74, 6) is -0.544. The largest absolute Gasteiger partial charge is 0.419 e. The summed E-state index contributed by atoms with van der Waals surface area (Å²) in [6.45, 7) is 0. The zero-order valence-corrected chi connectivity index (χ0v) is 16.7. The first-order valence-corrected chi connectivity index (χ1v) is 10.4. The number of anilines is 3. The number of rotatable bonds is 5. The lowest BCUT2D eigenvalue weighted by Crippen LogP contribution is -2.17. The molecule has 8 heteroatoms. The van der Waals surface area contributed by atoms with E-state index in [1.54, 1.807) is 25.2 Å². The highest BCUT2D eigenvalue weighted by Crippen LogP contribution is 2.32. The molecule has 0 aliphatic rings. The third-order valence-electron chi connectivity index (χ3n) is 4.73. The van der Waals surface area contributed by atoms with E-state index in [-0.39, 0.29) is 10.5 Å². The Morgan fingerprint density at radius 3 is 2.41 bits per heavy atom. The van der Waals surface area contributed by atoms with Gasteiger partial charge in [-0.25, -0.2) is 13.2 Å². The molecule has 0 radical (unpaired) electrons. The molecule has 1 aromatic heterocycles. The number of fused-ring (bicyclic) bond motifs is 1. The number of oxazole rings is 1. The Bertz CT molecular complexity index is 1340. The molecular formula is C21H19N3O4S. The van der Waals surface area contributed by atoms with Crippen LogP contribution in [0.1, 0.15) is 0 Å². The molecule has 29 heavy (non-hydrogen) atoms. The monoisotopic (exact) mass is 409 g/mol. The van der Waals surface area contributed by atoms with Crippen molar-refractivity contribution in [2.45, 2.75) is 4.90 Å². The Morgan fingerprint density at radius 1 is 0.966 bits per heavy atom. The molecule has 0 unspecified atom stereocenters. The lowest BCUT2D eigenvalue weighted by molar-refractivity contribution is 0.527. The topological polar surface area (TPSA) is 84.6 Å². The molecule has 0 amide bonds. The van der Waals surface area contributed by atoms with Crippen LogP contribution < -0.4 is 15.4 Å². The van der Waals surface area contributed by atoms with Crippen molar-refractivity contribution < 1.29 is 12.8 Å². The van der Waals surface area contributed by atoms with Gasteiger partial charge in [-0.3, -0.25) is 9.29 Å². The van der Waals surface area contributed by atoms with Gasteiger partial charge in [-0.05, 0) is 36.4 Å². The van der Waals surface area contributed by atoms with Crippen LogP contribution in [0.3, 0.4) is 0 Å². The Labute approximate surface area is 167 Å². The van der Waals surface area contributed by atoms with Crippen LogP contribution in [0.5, 0.6) is 0 Å². The molecule has 0 bridgehead atoms. The second kappa shape index (κ2) is 7.14. The number of benzene rings is 3. The van der Waals surface area contributed by atoms with Gasteiger partial charge >= 0.3 is 5.76 Å². The van der Waals surface area contributed by atoms with E-state index in [0.717, 1.165) is 5.69 Å². The maximum absolute atomic E-state index is 13.0. The number of aromatic nitrogens is 1. The van der Waals surface area contributed by atoms with Crippen molar-refractivity contribution in [3.63, 3.8) is 0 Å². The van der Waals surface area contributed by atoms with E-state index in [1.165, 1.54) is 16.7 Å². The van der Waals surface area contributed by atoms with Crippen LogP contribution in [0.25, 0.3) is 11.1 Å². The highest BCUT2D eigenvalue weighted by molar-refractivity contribution is 7.92. The molecule has 0 atom stereocenters. The number of nitrogens with one attached hydrogen (secondary N) is 1. The number of hydrogen-bond acceptors (Lipinski definition) is 5. The lowest BCUT2D eigenvalue weighted by atomic mass is 10.2. The van der Waals surface area contributed by atoms with Crippen molar-refractivity contribution in [3.05, 3.63) is 83.3 Å². The fourth-order valence-corrected chi connectivity index (χ4v) is 4.22. The Balaban J connectivity index is 1.71. The van der Waals surface area contributed by atoms with Gasteiger partial charge in [0.15, 0.2) is 5.58 Å². The first-order valence-electron chi connectivity index (χ1n) is 8.87. The van der Waals surface area contributed by atoms with Gasteiger partial charge in [0.2, 0.25) is 0 Å². The third-order valence-corrected chi connectivity index (χ3v) is 6.09. The Morgan fingerprint density at radius 2 is 1.66 bits per heavy atom. The molecular weight excluding hydrogens is 390 g/mol. The summed E-state index contributed by atoms with van der Waals surface area (Å²) in [7, 11) is -0.461. The summed E-state index contributed by atoms with van der Waals surface area (Å²) in [4.78, 5) is 13.6. The number of sulfonamides is 1. The first kappa shape index (κ1) is 18.8. The zero-order chi connectivity index (χ0) is 20.6. The fraction of sp³-hybridized carbons (Fsp3) is 0.0952. The van der Waals surface area contributed by atoms with E-state index in [9.17, 15) is 13.2 Å². The van der Waals surface area contributed by atoms with Crippen molar-refractivity contribution in [3.8, 4) is 0 Å². The Kier molecular flexibility index (Phi) is 4.63. The first-order chi connectivity index (χ1) is 13.9. The molecule has 1 heterocycles. The van der Waals surface area contributed by atoms with E-state index in [1.807, 2.05) is 54.4 Å². The summed E-state index contributed by atoms with van der Waals surface area (Å²) in [6.07, 6.45) is 0. The number of para-hydroxylation sites is 3. The van der Waals surface area contributed by atoms with Crippen molar-refractivity contribution in [2.24, 2.45) is 7.05 Å². The molecule has 4 aromatic rings. The summed E-state index contributed by atoms with van der Waals surface area (Å²) in [5.41, 5.74) is 2.81. The average molecular weight is 409 g/mol. The molecule has 0 saturated heterocycles. The SMILES string of the molecule is CN(c1ccccc1)c1ccccc1NS(=O)(=O)c1ccc2c(c1)oc(=O)n2C. The predicted molar refractivity (Wildman–Crippen MR) is 113 cm³/mol. The number of aryl methyl sites for hydroxylation is 1. The van der Waals surface area contributed by atoms with Gasteiger partial charge in [0.1, 0.15) is 0 Å². The minimum absolute atomic E-state index is 0.0107. The molecule has 0 fully saturated rings. The predicted octanol–water partition coefficient (Wildman–Crippen LogP) is 3.70. The van der Waals surface area contributed by atoms with E-state index >= 15 is 0 Å². The van der Waals surface area contributed by atoms with E-state index in [4.69, 9.17) is 4.42 Å². The second-order valence-corrected chi connectivity index (χ2v) is 8.26. The van der Waals surface area contributed by atoms with Gasteiger partial charge in [-0.15, -0.1) is 0 Å². The average Bonchev–Trinajstić information content (AvgIpc) is 3.01. The standard InChI is InChI=1S/C21H19N3O4S/c1-23(15-8-4-3-5-9-15)18-11-7-6-10-17(18)22-29(26,27)16-12-13-19-20(14-16)28-21(25)24(19)2/h3-14,22H,1-2H3. The normalized spacial score (nSPS) is 11.5. The molecule has 0 aliphatic carbocycles. The van der Waals surface area contributed by atoms with E-state index < -0.39 is 15.8 Å². The highest BCUT2D eigenvalue weighted by atomic mass is 32.2. The van der Waals surface area contributed by atoms with Gasteiger partial charge < -0.3 is 9.32 Å². The zero-order valence-electron chi connectivity index (χ0n) is 15.9. The van der Waals surface area contributed by atoms with Crippen LogP contribution in [-0.4, -0.2) is 20.0 Å². The minimum Gasteiger partial charge on any atom is -0.408 e. The summed E-state index contributed by atoms with van der Waals surface area (Å²) < 4.78 is 35.1. The molecule has 7 nitrogen and oxygen atoms in total. The molecule has 0 spiro atoms. The summed E-state index contributed by atoms with van der Waals surface area (Å²) in [6, 6.07) is 21.1. The van der Waals surface area contributed by atoms with Crippen LogP contribution in [0.15, 0.2) is 86.9 Å². The third kappa shape index (κ3) is 3.50. The van der Waals surface area contributed by atoms with Crippen LogP contribution in [0.2, 0.25) is 0 Å². The smallest absolute Gasteiger partial charge is 0.408 e. The Hall–Kier alpha value is -3.52. The highest BCUT2D eigenvalue weighted by Gasteiger charge is 2.19. The maximum atomic E-state index is 13.0. The minimum atomic E-state index is -3.89. The molecule has 1 N–H and O–H groups in total. The van der Waals surface area contributed by atoms with Crippen LogP contribution in [0.4, 0.5) is 17.1 Å². The molecule has 0 saturated carbocycles. The number of nitrogens with zero attached hydrogens (tertiary/aromatic N) is 2. The van der Waals surface area contributed by atoms with Crippen LogP contribution >= 0.6 is 0 Å². The molecule has 148 valence electrons. The summed E-state index contributed by atoms with van der Waals surface area (Å²) >= 11 is 0. The fourth-order valence-electron chi connectivity index (χ4n) is 3.13. The van der Waals surface area contributed by atoms with Crippen molar-refractivity contribution in [1.29, 1.82) is 0 Å². The van der Waals surface area contributed by atoms with Gasteiger partial charge in [-0.1, -0.05) is 30.3 Å². The second-order valence-electron chi connectivity index (χ2n) is 6.57. The van der Waals surface area contributed by atoms with Crippen LogP contribution in [0, 0.1) is 0 Å². The van der Waals surface area contributed by atoms with Crippen molar-refractivity contribution in [1.82, 2.24) is 4.57 Å². The van der Waals surface area contributed by atoms with Crippen molar-refractivity contribution in [2.75, 3.05) is 16.7 Å². The molecule has 0 aliphatic heterocycles. The van der Waals surface area contributed by atoms with E-state index in [0.29, 0.717) is 16.9 Å². The van der Waals surface area contributed by atoms with Gasteiger partial charge in [-0.2, -0.15) is 0 Å². The van der Waals surface area contributed by atoms with Gasteiger partial charge in [0, 0.05) is 25.8 Å². The van der Waals surface area contributed by atoms with E-state index in [2.05, 4.69) is 4.72 Å². The maximum Gasteiger partial charge on any atom is 0.419 e. The van der Waals surface area contributed by atoms with Crippen LogP contribution in [-0.2, 0) is 17.1 Å².